The van der Waals surface area contributed by atoms with E-state index in [0.717, 1.165) is 68.9 Å². The molecule has 2 unspecified atom stereocenters. The third kappa shape index (κ3) is 5.18. The van der Waals surface area contributed by atoms with Crippen molar-refractivity contribution in [1.29, 1.82) is 0 Å². The summed E-state index contributed by atoms with van der Waals surface area (Å²) in [6.07, 6.45) is 11.8. The van der Waals surface area contributed by atoms with Gasteiger partial charge in [0.2, 0.25) is 11.9 Å². The van der Waals surface area contributed by atoms with Crippen molar-refractivity contribution in [3.63, 3.8) is 0 Å². The van der Waals surface area contributed by atoms with Gasteiger partial charge in [0.25, 0.3) is 0 Å². The molecule has 0 aromatic carbocycles. The molecule has 2 atom stereocenters. The molecule has 3 N–H and O–H groups in total. The topological polar surface area (TPSA) is 119 Å². The van der Waals surface area contributed by atoms with Crippen LogP contribution in [0.25, 0.3) is 5.52 Å². The highest BCUT2D eigenvalue weighted by molar-refractivity contribution is 5.86. The second-order valence-corrected chi connectivity index (χ2v) is 11.0. The van der Waals surface area contributed by atoms with Crippen LogP contribution in [0.5, 0.6) is 0 Å². The first-order valence-electron chi connectivity index (χ1n) is 14.1. The number of pyridine rings is 1. The van der Waals surface area contributed by atoms with Crippen molar-refractivity contribution in [2.24, 2.45) is 0 Å². The van der Waals surface area contributed by atoms with Crippen LogP contribution in [0.4, 0.5) is 17.6 Å². The minimum absolute atomic E-state index is 0.0651. The number of hydrogen-bond acceptors (Lipinski definition) is 8. The number of nitrogens with zero attached hydrogens (tertiary/aromatic N) is 7. The summed E-state index contributed by atoms with van der Waals surface area (Å²) < 4.78 is 1.82. The normalized spacial score (nSPS) is 21.9. The summed E-state index contributed by atoms with van der Waals surface area (Å²) >= 11 is 0. The van der Waals surface area contributed by atoms with Gasteiger partial charge < -0.3 is 15.5 Å². The molecule has 4 aromatic heterocycles. The molecule has 0 bridgehead atoms. The van der Waals surface area contributed by atoms with Crippen molar-refractivity contribution in [2.45, 2.75) is 63.1 Å². The maximum absolute atomic E-state index is 13.6. The highest BCUT2D eigenvalue weighted by atomic mass is 16.2. The van der Waals surface area contributed by atoms with E-state index >= 15 is 0 Å². The van der Waals surface area contributed by atoms with E-state index in [1.54, 1.807) is 0 Å². The maximum Gasteiger partial charge on any atom is 0.246 e. The average molecular weight is 527 g/mol. The number of fused-ring (bicyclic) bond motifs is 1. The van der Waals surface area contributed by atoms with Crippen LogP contribution in [0.1, 0.15) is 55.7 Å². The molecule has 2 saturated heterocycles. The number of likely N-dealkylation sites (tertiary alicyclic amines) is 1. The summed E-state index contributed by atoms with van der Waals surface area (Å²) in [4.78, 5) is 27.0. The molecule has 7 rings (SSSR count). The monoisotopic (exact) mass is 526 g/mol. The van der Waals surface area contributed by atoms with Crippen LogP contribution in [-0.4, -0.2) is 72.3 Å². The molecule has 1 aliphatic carbocycles. The summed E-state index contributed by atoms with van der Waals surface area (Å²) in [5, 5.41) is 19.1. The molecule has 202 valence electrons. The summed E-state index contributed by atoms with van der Waals surface area (Å²) in [5.41, 5.74) is 3.28. The molecule has 2 aliphatic heterocycles. The van der Waals surface area contributed by atoms with Gasteiger partial charge in [-0.1, -0.05) is 0 Å². The Labute approximate surface area is 227 Å². The number of H-pyrrole nitrogens is 1. The van der Waals surface area contributed by atoms with Crippen LogP contribution in [-0.2, 0) is 11.3 Å². The number of nitrogens with one attached hydrogen (secondary N) is 3. The lowest BCUT2D eigenvalue weighted by molar-refractivity contribution is -0.123. The first-order chi connectivity index (χ1) is 19.2. The van der Waals surface area contributed by atoms with Gasteiger partial charge in [0.05, 0.1) is 0 Å². The van der Waals surface area contributed by atoms with Crippen LogP contribution >= 0.6 is 0 Å². The lowest BCUT2D eigenvalue weighted by Crippen LogP contribution is -2.52. The zero-order valence-electron chi connectivity index (χ0n) is 22.0. The third-order valence-electron chi connectivity index (χ3n) is 8.06. The smallest absolute Gasteiger partial charge is 0.246 e. The molecule has 4 aromatic rings. The molecule has 3 fully saturated rings. The Balaban J connectivity index is 1.05. The highest BCUT2D eigenvalue weighted by Gasteiger charge is 2.35. The number of anilines is 3. The second kappa shape index (κ2) is 10.3. The van der Waals surface area contributed by atoms with Gasteiger partial charge in [-0.25, -0.2) is 4.52 Å². The van der Waals surface area contributed by atoms with Crippen molar-refractivity contribution in [3.8, 4) is 0 Å². The second-order valence-electron chi connectivity index (χ2n) is 11.0. The Kier molecular flexibility index (Phi) is 6.35. The van der Waals surface area contributed by atoms with Crippen LogP contribution in [0, 0.1) is 0 Å². The summed E-state index contributed by atoms with van der Waals surface area (Å²) in [6.45, 7) is 3.52. The molecule has 6 heterocycles. The van der Waals surface area contributed by atoms with E-state index in [0.29, 0.717) is 17.7 Å². The van der Waals surface area contributed by atoms with Crippen molar-refractivity contribution >= 4 is 29.0 Å². The Morgan fingerprint density at radius 1 is 1.08 bits per heavy atom. The van der Waals surface area contributed by atoms with Gasteiger partial charge in [0.1, 0.15) is 11.6 Å². The van der Waals surface area contributed by atoms with Gasteiger partial charge in [-0.15, -0.1) is 5.10 Å². The van der Waals surface area contributed by atoms with Crippen LogP contribution in [0.15, 0.2) is 48.9 Å². The molecule has 3 aliphatic rings. The van der Waals surface area contributed by atoms with Crippen LogP contribution < -0.4 is 15.5 Å². The lowest BCUT2D eigenvalue weighted by Gasteiger charge is -2.34. The Morgan fingerprint density at radius 2 is 1.95 bits per heavy atom. The number of amides is 1. The van der Waals surface area contributed by atoms with Gasteiger partial charge in [0, 0.05) is 61.9 Å². The van der Waals surface area contributed by atoms with E-state index in [2.05, 4.69) is 53.8 Å². The molecule has 11 nitrogen and oxygen atoms in total. The Bertz CT molecular complexity index is 1450. The molecular weight excluding hydrogens is 492 g/mol. The van der Waals surface area contributed by atoms with Crippen molar-refractivity contribution in [3.05, 3.63) is 60.2 Å². The Morgan fingerprint density at radius 3 is 2.82 bits per heavy atom. The summed E-state index contributed by atoms with van der Waals surface area (Å²) in [5.74, 6) is 2.64. The quantitative estimate of drug-likeness (QED) is 0.320. The number of piperidine rings is 1. The Hall–Kier alpha value is -3.99. The van der Waals surface area contributed by atoms with Gasteiger partial charge in [-0.3, -0.25) is 19.8 Å². The first-order valence-corrected chi connectivity index (χ1v) is 14.1. The van der Waals surface area contributed by atoms with Gasteiger partial charge in [0.15, 0.2) is 11.6 Å². The van der Waals surface area contributed by atoms with E-state index in [1.165, 1.54) is 18.4 Å². The summed E-state index contributed by atoms with van der Waals surface area (Å²) in [7, 11) is 0. The summed E-state index contributed by atoms with van der Waals surface area (Å²) in [6, 6.07) is 9.97. The number of rotatable bonds is 8. The highest BCUT2D eigenvalue weighted by Crippen LogP contribution is 2.39. The molecule has 0 radical (unpaired) electrons. The van der Waals surface area contributed by atoms with E-state index < -0.39 is 0 Å². The van der Waals surface area contributed by atoms with Gasteiger partial charge in [-0.2, -0.15) is 10.1 Å². The zero-order chi connectivity index (χ0) is 26.2. The van der Waals surface area contributed by atoms with Crippen LogP contribution in [0.3, 0.4) is 0 Å². The molecule has 0 spiro atoms. The maximum atomic E-state index is 13.6. The number of hydrogen-bond donors (Lipinski definition) is 3. The van der Waals surface area contributed by atoms with Crippen molar-refractivity contribution in [1.82, 2.24) is 40.0 Å². The minimum Gasteiger partial charge on any atom is -0.350 e. The molecule has 11 heteroatoms. The number of aromatic amines is 1. The van der Waals surface area contributed by atoms with E-state index in [-0.39, 0.29) is 18.0 Å². The van der Waals surface area contributed by atoms with Crippen molar-refractivity contribution in [2.75, 3.05) is 29.9 Å². The van der Waals surface area contributed by atoms with E-state index in [9.17, 15) is 4.79 Å². The predicted molar refractivity (Wildman–Crippen MR) is 148 cm³/mol. The first kappa shape index (κ1) is 24.1. The predicted octanol–water partition coefficient (Wildman–Crippen LogP) is 3.22. The minimum atomic E-state index is -0.284. The number of carbonyl (C=O) groups excluding carboxylic acids is 1. The van der Waals surface area contributed by atoms with Gasteiger partial charge in [-0.05, 0) is 74.9 Å². The number of carbonyl (C=O) groups is 1. The van der Waals surface area contributed by atoms with E-state index in [1.807, 2.05) is 35.2 Å². The SMILES string of the molecule is O=C(NC1CCCN(Cc2ccncc2)C1)C1CCCN1c1nc(Nc2cc(C3CC3)[nH]n2)c2cccn2n1. The molecule has 1 saturated carbocycles. The average Bonchev–Trinajstić information content (AvgIpc) is 3.31. The molecule has 39 heavy (non-hydrogen) atoms. The standard InChI is InChI=1S/C28H34N10O/c39-27(30-21-4-1-13-36(18-21)17-19-9-11-29-12-10-19)24-6-2-14-37(24)28-32-26(23-5-3-15-38(23)35-28)31-25-16-22(33-34-25)20-7-8-20/h3,5,9-12,15-16,20-21,24H,1-2,4,6-8,13-14,17-18H2,(H,30,39)(H2,31,32,33,34,35). The van der Waals surface area contributed by atoms with Crippen LogP contribution in [0.2, 0.25) is 0 Å². The fourth-order valence-electron chi connectivity index (χ4n) is 5.90. The van der Waals surface area contributed by atoms with E-state index in [4.69, 9.17) is 10.1 Å². The fourth-order valence-corrected chi connectivity index (χ4v) is 5.90. The zero-order valence-corrected chi connectivity index (χ0v) is 22.0. The van der Waals surface area contributed by atoms with Gasteiger partial charge >= 0.3 is 0 Å². The molecular formula is C28H34N10O. The van der Waals surface area contributed by atoms with Crippen molar-refractivity contribution < 1.29 is 4.79 Å². The molecule has 1 amide bonds. The lowest BCUT2D eigenvalue weighted by atomic mass is 10.0. The largest absolute Gasteiger partial charge is 0.350 e. The fraction of sp³-hybridized carbons (Fsp3) is 0.464. The third-order valence-corrected chi connectivity index (χ3v) is 8.06. The number of aromatic nitrogens is 6.